The molecule has 0 bridgehead atoms. The Hall–Kier alpha value is -5.32. The van der Waals surface area contributed by atoms with Gasteiger partial charge in [0.25, 0.3) is 0 Å². The maximum Gasteiger partial charge on any atom is 0.323 e. The summed E-state index contributed by atoms with van der Waals surface area (Å²) in [7, 11) is 0. The summed E-state index contributed by atoms with van der Waals surface area (Å²) >= 11 is 6.58. The molecule has 0 amide bonds. The predicted molar refractivity (Wildman–Crippen MR) is 186 cm³/mol. The van der Waals surface area contributed by atoms with Gasteiger partial charge in [-0.3, -0.25) is 14.9 Å². The van der Waals surface area contributed by atoms with Crippen molar-refractivity contribution in [2.24, 2.45) is 0 Å². The fourth-order valence-corrected chi connectivity index (χ4v) is 5.33. The molecule has 16 heteroatoms. The fourth-order valence-electron chi connectivity index (χ4n) is 5.09. The van der Waals surface area contributed by atoms with Gasteiger partial charge in [-0.2, -0.15) is 0 Å². The summed E-state index contributed by atoms with van der Waals surface area (Å²) < 4.78 is 38.5. The Labute approximate surface area is 301 Å². The molecule has 5 rings (SSSR count). The maximum absolute atomic E-state index is 15.9. The summed E-state index contributed by atoms with van der Waals surface area (Å²) in [6.07, 6.45) is 0.476. The minimum absolute atomic E-state index is 0.00958. The van der Waals surface area contributed by atoms with Gasteiger partial charge in [0, 0.05) is 29.3 Å². The number of benzene rings is 4. The first kappa shape index (κ1) is 37.9. The van der Waals surface area contributed by atoms with Gasteiger partial charge in [-0.15, -0.1) is 0 Å². The third-order valence-electron chi connectivity index (χ3n) is 7.92. The molecular formula is C36H36ClFN4O10. The summed E-state index contributed by atoms with van der Waals surface area (Å²) in [5, 5.41) is 50.2. The van der Waals surface area contributed by atoms with Gasteiger partial charge in [-0.25, -0.2) is 9.02 Å². The number of carboxylic acid groups (broad SMARTS) is 2. The lowest BCUT2D eigenvalue weighted by Gasteiger charge is -2.18. The zero-order valence-electron chi connectivity index (χ0n) is 27.6. The minimum Gasteiger partial charge on any atom is -0.494 e. The first-order chi connectivity index (χ1) is 25.2. The predicted octanol–water partition coefficient (Wildman–Crippen LogP) is 4.18. The second-order valence-electron chi connectivity index (χ2n) is 11.5. The molecule has 0 radical (unpaired) electrons. The zero-order valence-corrected chi connectivity index (χ0v) is 28.4. The molecule has 0 aliphatic heterocycles. The normalized spacial score (nSPS) is 12.4. The molecule has 0 fully saturated rings. The number of hydrogen-bond donors (Lipinski definition) is 6. The van der Waals surface area contributed by atoms with Crippen LogP contribution >= 0.6 is 11.6 Å². The van der Waals surface area contributed by atoms with Crippen LogP contribution in [0.4, 0.5) is 4.39 Å². The second-order valence-corrected chi connectivity index (χ2v) is 12.0. The standard InChI is InChI=1S/C36H36ClFN4O10/c37-27-14-24(16-40-31(18-44)36(47)48)32(50-19-21-8-9-28-29(12-21)42-52-41-28)15-33(27)51-20-23-5-2-7-26(34(23)38)22-4-1-6-25(13-22)49-11-3-10-39-30(17-43)35(45)46/h1-2,4-9,12-15,30-31,39-40,43-44H,3,10-11,16-20H2,(H,45,46)(H,47,48)/t30-,31-/m1/s1. The Bertz CT molecular complexity index is 1990. The molecule has 0 saturated heterocycles. The molecule has 0 saturated carbocycles. The van der Waals surface area contributed by atoms with E-state index in [1.807, 2.05) is 0 Å². The molecule has 5 aromatic rings. The molecule has 0 spiro atoms. The third kappa shape index (κ3) is 9.92. The summed E-state index contributed by atoms with van der Waals surface area (Å²) in [6.45, 7) is -0.681. The van der Waals surface area contributed by atoms with Crippen LogP contribution in [0.15, 0.2) is 77.4 Å². The van der Waals surface area contributed by atoms with Gasteiger partial charge in [0.2, 0.25) is 0 Å². The van der Waals surface area contributed by atoms with E-state index < -0.39 is 43.1 Å². The summed E-state index contributed by atoms with van der Waals surface area (Å²) in [4.78, 5) is 22.5. The molecule has 274 valence electrons. The molecule has 1 aromatic heterocycles. The molecule has 6 N–H and O–H groups in total. The van der Waals surface area contributed by atoms with Crippen molar-refractivity contribution in [1.82, 2.24) is 20.9 Å². The number of carbonyl (C=O) groups is 2. The number of aromatic nitrogens is 2. The third-order valence-corrected chi connectivity index (χ3v) is 8.21. The van der Waals surface area contributed by atoms with E-state index >= 15 is 4.39 Å². The molecular weight excluding hydrogens is 703 g/mol. The number of nitrogens with zero attached hydrogens (tertiary/aromatic N) is 2. The molecule has 0 unspecified atom stereocenters. The molecule has 0 aliphatic rings. The van der Waals surface area contributed by atoms with E-state index in [0.717, 1.165) is 5.56 Å². The zero-order chi connectivity index (χ0) is 37.0. The van der Waals surface area contributed by atoms with Crippen molar-refractivity contribution in [3.63, 3.8) is 0 Å². The van der Waals surface area contributed by atoms with E-state index in [4.69, 9.17) is 40.7 Å². The monoisotopic (exact) mass is 738 g/mol. The Kier molecular flexibility index (Phi) is 13.3. The van der Waals surface area contributed by atoms with Gasteiger partial charge in [-0.1, -0.05) is 48.0 Å². The fraction of sp³-hybridized carbons (Fsp3) is 0.278. The lowest BCUT2D eigenvalue weighted by atomic mass is 10.0. The number of aliphatic hydroxyl groups is 2. The second kappa shape index (κ2) is 18.3. The highest BCUT2D eigenvalue weighted by Crippen LogP contribution is 2.35. The Morgan fingerprint density at radius 2 is 1.54 bits per heavy atom. The number of fused-ring (bicyclic) bond motifs is 1. The molecule has 1 heterocycles. The lowest BCUT2D eigenvalue weighted by Crippen LogP contribution is -2.40. The number of halogens is 2. The van der Waals surface area contributed by atoms with Crippen LogP contribution in [0, 0.1) is 5.82 Å². The largest absolute Gasteiger partial charge is 0.494 e. The molecule has 2 atom stereocenters. The van der Waals surface area contributed by atoms with Gasteiger partial charge < -0.3 is 40.0 Å². The SMILES string of the molecule is O=C(O)[C@@H](CO)NCCCOc1cccc(-c2cccc(COc3cc(OCc4ccc5nonc5c4)c(CN[C@H](CO)C(=O)O)cc3Cl)c2F)c1. The van der Waals surface area contributed by atoms with Crippen LogP contribution in [0.2, 0.25) is 5.02 Å². The van der Waals surface area contributed by atoms with Gasteiger partial charge in [0.05, 0.1) is 24.8 Å². The Balaban J connectivity index is 1.28. The minimum atomic E-state index is -1.23. The average Bonchev–Trinajstić information content (AvgIpc) is 3.61. The van der Waals surface area contributed by atoms with Crippen molar-refractivity contribution in [3.05, 3.63) is 100 Å². The summed E-state index contributed by atoms with van der Waals surface area (Å²) in [5.41, 5.74) is 3.48. The summed E-state index contributed by atoms with van der Waals surface area (Å²) in [5.74, 6) is -1.88. The van der Waals surface area contributed by atoms with E-state index in [-0.39, 0.29) is 42.7 Å². The highest BCUT2D eigenvalue weighted by atomic mass is 35.5. The van der Waals surface area contributed by atoms with Gasteiger partial charge in [0.1, 0.15) is 59.4 Å². The van der Waals surface area contributed by atoms with Crippen molar-refractivity contribution in [2.75, 3.05) is 26.4 Å². The molecule has 0 aliphatic carbocycles. The smallest absolute Gasteiger partial charge is 0.323 e. The molecule has 14 nitrogen and oxygen atoms in total. The molecule has 4 aromatic carbocycles. The topological polar surface area (TPSA) is 206 Å². The van der Waals surface area contributed by atoms with E-state index in [1.54, 1.807) is 66.7 Å². The van der Waals surface area contributed by atoms with E-state index in [2.05, 4.69) is 20.9 Å². The highest BCUT2D eigenvalue weighted by Gasteiger charge is 2.19. The van der Waals surface area contributed by atoms with Gasteiger partial charge >= 0.3 is 11.9 Å². The first-order valence-corrected chi connectivity index (χ1v) is 16.5. The number of carboxylic acids is 2. The van der Waals surface area contributed by atoms with Crippen LogP contribution in [0.5, 0.6) is 17.2 Å². The van der Waals surface area contributed by atoms with Crippen LogP contribution in [-0.2, 0) is 29.3 Å². The lowest BCUT2D eigenvalue weighted by molar-refractivity contribution is -0.141. The van der Waals surface area contributed by atoms with Crippen LogP contribution in [0.3, 0.4) is 0 Å². The number of hydrogen-bond acceptors (Lipinski definition) is 12. The highest BCUT2D eigenvalue weighted by molar-refractivity contribution is 6.32. The Morgan fingerprint density at radius 1 is 0.808 bits per heavy atom. The van der Waals surface area contributed by atoms with Crippen molar-refractivity contribution in [3.8, 4) is 28.4 Å². The number of aliphatic hydroxyl groups excluding tert-OH is 2. The van der Waals surface area contributed by atoms with E-state index in [1.165, 1.54) is 6.07 Å². The number of ether oxygens (including phenoxy) is 3. The summed E-state index contributed by atoms with van der Waals surface area (Å²) in [6, 6.07) is 17.9. The number of nitrogens with one attached hydrogen (secondary N) is 2. The van der Waals surface area contributed by atoms with Gasteiger partial charge in [-0.05, 0) is 64.7 Å². The van der Waals surface area contributed by atoms with Crippen LogP contribution in [-0.4, -0.2) is 81.1 Å². The molecule has 52 heavy (non-hydrogen) atoms. The van der Waals surface area contributed by atoms with Gasteiger partial charge in [0.15, 0.2) is 0 Å². The maximum atomic E-state index is 15.9. The van der Waals surface area contributed by atoms with E-state index in [9.17, 15) is 19.8 Å². The van der Waals surface area contributed by atoms with Crippen LogP contribution in [0.1, 0.15) is 23.1 Å². The van der Waals surface area contributed by atoms with E-state index in [0.29, 0.717) is 52.2 Å². The van der Waals surface area contributed by atoms with Crippen LogP contribution < -0.4 is 24.8 Å². The first-order valence-electron chi connectivity index (χ1n) is 16.1. The quantitative estimate of drug-likeness (QED) is 0.0620. The Morgan fingerprint density at radius 3 is 2.31 bits per heavy atom. The van der Waals surface area contributed by atoms with Crippen molar-refractivity contribution < 1.29 is 53.2 Å². The van der Waals surface area contributed by atoms with Crippen molar-refractivity contribution in [2.45, 2.75) is 38.3 Å². The van der Waals surface area contributed by atoms with Crippen molar-refractivity contribution in [1.29, 1.82) is 0 Å². The van der Waals surface area contributed by atoms with Crippen LogP contribution in [0.25, 0.3) is 22.2 Å². The number of aliphatic carboxylic acids is 2. The average molecular weight is 739 g/mol. The number of rotatable bonds is 20. The van der Waals surface area contributed by atoms with Crippen molar-refractivity contribution >= 4 is 34.6 Å².